The summed E-state index contributed by atoms with van der Waals surface area (Å²) >= 11 is 1.23. The minimum Gasteiger partial charge on any atom is -0.506 e. The van der Waals surface area contributed by atoms with Crippen molar-refractivity contribution in [3.05, 3.63) is 27.5 Å². The van der Waals surface area contributed by atoms with Gasteiger partial charge >= 0.3 is 5.97 Å². The first-order chi connectivity index (χ1) is 7.18. The van der Waals surface area contributed by atoms with E-state index in [0.29, 0.717) is 5.92 Å². The monoisotopic (exact) mass is 222 g/mol. The molecule has 0 aromatic carbocycles. The lowest BCUT2D eigenvalue weighted by molar-refractivity contribution is 0.0699. The zero-order valence-corrected chi connectivity index (χ0v) is 8.75. The molecule has 3 aliphatic rings. The van der Waals surface area contributed by atoms with Crippen molar-refractivity contribution < 1.29 is 15.0 Å². The summed E-state index contributed by atoms with van der Waals surface area (Å²) in [6, 6.07) is 0. The Morgan fingerprint density at radius 3 is 2.53 bits per heavy atom. The molecule has 0 aliphatic heterocycles. The van der Waals surface area contributed by atoms with Crippen LogP contribution in [0.3, 0.4) is 0 Å². The Bertz CT molecular complexity index is 472. The summed E-state index contributed by atoms with van der Waals surface area (Å²) in [6.07, 6.45) is 6.33. The van der Waals surface area contributed by atoms with E-state index in [2.05, 4.69) is 12.2 Å². The van der Waals surface area contributed by atoms with Crippen molar-refractivity contribution in [1.82, 2.24) is 0 Å². The maximum atomic E-state index is 10.9. The number of rotatable bonds is 1. The normalized spacial score (nSPS) is 26.7. The van der Waals surface area contributed by atoms with Crippen molar-refractivity contribution in [3.8, 4) is 5.75 Å². The molecule has 0 spiro atoms. The number of hydrogen-bond donors (Lipinski definition) is 2. The van der Waals surface area contributed by atoms with Gasteiger partial charge in [-0.15, -0.1) is 11.3 Å². The molecular formula is C11H10O3S. The van der Waals surface area contributed by atoms with Crippen LogP contribution in [0.1, 0.15) is 44.8 Å². The maximum Gasteiger partial charge on any atom is 0.349 e. The second-order valence-corrected chi connectivity index (χ2v) is 5.09. The van der Waals surface area contributed by atoms with Crippen LogP contribution in [-0.2, 0) is 0 Å². The number of hydrogen-bond acceptors (Lipinski definition) is 3. The van der Waals surface area contributed by atoms with Gasteiger partial charge in [0.2, 0.25) is 0 Å². The van der Waals surface area contributed by atoms with Crippen LogP contribution in [0, 0.1) is 0 Å². The van der Waals surface area contributed by atoms with E-state index >= 15 is 0 Å². The Balaban J connectivity index is 2.22. The molecule has 0 saturated carbocycles. The average Bonchev–Trinajstić information content (AvgIpc) is 2.61. The first-order valence-electron chi connectivity index (χ1n) is 4.95. The first-order valence-corrected chi connectivity index (χ1v) is 5.77. The zero-order chi connectivity index (χ0) is 10.6. The Kier molecular flexibility index (Phi) is 1.71. The van der Waals surface area contributed by atoms with Crippen molar-refractivity contribution in [3.63, 3.8) is 0 Å². The fourth-order valence-corrected chi connectivity index (χ4v) is 3.73. The molecule has 4 rings (SSSR count). The van der Waals surface area contributed by atoms with Gasteiger partial charge in [-0.1, -0.05) is 12.2 Å². The van der Waals surface area contributed by atoms with Crippen LogP contribution in [0.25, 0.3) is 0 Å². The molecule has 2 unspecified atom stereocenters. The third kappa shape index (κ3) is 1.08. The van der Waals surface area contributed by atoms with E-state index in [1.165, 1.54) is 11.3 Å². The largest absolute Gasteiger partial charge is 0.506 e. The van der Waals surface area contributed by atoms with Gasteiger partial charge in [0.05, 0.1) is 0 Å². The molecule has 4 heteroatoms. The van der Waals surface area contributed by atoms with Crippen LogP contribution in [0.15, 0.2) is 12.2 Å². The number of carboxylic acids is 1. The molecule has 1 aromatic heterocycles. The molecule has 0 amide bonds. The van der Waals surface area contributed by atoms with Gasteiger partial charge in [0.1, 0.15) is 5.75 Å². The molecule has 2 atom stereocenters. The maximum absolute atomic E-state index is 10.9. The Labute approximate surface area is 90.7 Å². The van der Waals surface area contributed by atoms with Crippen LogP contribution < -0.4 is 0 Å². The number of carboxylic acid groups (broad SMARTS) is 1. The third-order valence-corrected chi connectivity index (χ3v) is 4.53. The van der Waals surface area contributed by atoms with Crippen molar-refractivity contribution in [2.24, 2.45) is 0 Å². The number of aromatic carboxylic acids is 1. The van der Waals surface area contributed by atoms with Gasteiger partial charge in [0.25, 0.3) is 0 Å². The second-order valence-electron chi connectivity index (χ2n) is 4.04. The predicted molar refractivity (Wildman–Crippen MR) is 56.8 cm³/mol. The highest BCUT2D eigenvalue weighted by Crippen LogP contribution is 2.53. The molecule has 0 saturated heterocycles. The summed E-state index contributed by atoms with van der Waals surface area (Å²) in [7, 11) is 0. The lowest BCUT2D eigenvalue weighted by atomic mass is 9.75. The molecule has 1 heterocycles. The number of aromatic hydroxyl groups is 1. The van der Waals surface area contributed by atoms with Crippen LogP contribution >= 0.6 is 11.3 Å². The summed E-state index contributed by atoms with van der Waals surface area (Å²) in [5, 5.41) is 18.8. The molecule has 2 N–H and O–H groups in total. The van der Waals surface area contributed by atoms with E-state index in [-0.39, 0.29) is 16.5 Å². The summed E-state index contributed by atoms with van der Waals surface area (Å²) in [5.74, 6) is -0.462. The predicted octanol–water partition coefficient (Wildman–Crippen LogP) is 2.68. The van der Waals surface area contributed by atoms with Gasteiger partial charge in [0, 0.05) is 22.3 Å². The van der Waals surface area contributed by atoms with Crippen LogP contribution in [0.2, 0.25) is 0 Å². The lowest BCUT2D eigenvalue weighted by Gasteiger charge is -2.30. The van der Waals surface area contributed by atoms with E-state index in [0.717, 1.165) is 23.3 Å². The highest BCUT2D eigenvalue weighted by atomic mass is 32.1. The second kappa shape index (κ2) is 2.85. The topological polar surface area (TPSA) is 57.5 Å². The van der Waals surface area contributed by atoms with Gasteiger partial charge in [-0.25, -0.2) is 4.79 Å². The van der Waals surface area contributed by atoms with Crippen LogP contribution in [0.4, 0.5) is 0 Å². The third-order valence-electron chi connectivity index (χ3n) is 3.21. The fraction of sp³-hybridized carbons (Fsp3) is 0.364. The molecule has 0 radical (unpaired) electrons. The first kappa shape index (κ1) is 8.97. The zero-order valence-electron chi connectivity index (χ0n) is 7.93. The molecule has 2 bridgehead atoms. The van der Waals surface area contributed by atoms with Gasteiger partial charge in [-0.2, -0.15) is 0 Å². The van der Waals surface area contributed by atoms with Crippen molar-refractivity contribution in [2.45, 2.75) is 24.7 Å². The molecule has 3 aliphatic carbocycles. The van der Waals surface area contributed by atoms with E-state index in [1.54, 1.807) is 0 Å². The Morgan fingerprint density at radius 1 is 1.33 bits per heavy atom. The highest BCUT2D eigenvalue weighted by molar-refractivity contribution is 7.14. The molecule has 0 fully saturated rings. The summed E-state index contributed by atoms with van der Waals surface area (Å²) < 4.78 is 0. The van der Waals surface area contributed by atoms with Gasteiger partial charge in [0.15, 0.2) is 4.88 Å². The molecule has 1 aromatic rings. The molecule has 3 nitrogen and oxygen atoms in total. The quantitative estimate of drug-likeness (QED) is 0.718. The van der Waals surface area contributed by atoms with Crippen LogP contribution in [0.5, 0.6) is 5.75 Å². The number of carbonyl (C=O) groups is 1. The SMILES string of the molecule is O=C(O)c1sc2c(c1O)C1C=CC2CC1. The Hall–Kier alpha value is -1.29. The summed E-state index contributed by atoms with van der Waals surface area (Å²) in [4.78, 5) is 12.1. The molecule has 78 valence electrons. The number of fused-ring (bicyclic) bond motifs is 1. The van der Waals surface area contributed by atoms with Crippen molar-refractivity contribution in [2.75, 3.05) is 0 Å². The fourth-order valence-electron chi connectivity index (χ4n) is 2.51. The Morgan fingerprint density at radius 2 is 2.00 bits per heavy atom. The summed E-state index contributed by atoms with van der Waals surface area (Å²) in [5.41, 5.74) is 0.871. The van der Waals surface area contributed by atoms with E-state index in [4.69, 9.17) is 5.11 Å². The minimum absolute atomic E-state index is 0.00144. The lowest BCUT2D eigenvalue weighted by Crippen LogP contribution is -2.14. The number of allylic oxidation sites excluding steroid dienone is 2. The standard InChI is InChI=1S/C11H10O3S/c12-8-7-5-1-3-6(4-2-5)9(7)15-10(8)11(13)14/h1,3,5-6,12H,2,4H2,(H,13,14). The smallest absolute Gasteiger partial charge is 0.349 e. The minimum atomic E-state index is -1.02. The van der Waals surface area contributed by atoms with E-state index in [9.17, 15) is 9.90 Å². The van der Waals surface area contributed by atoms with Gasteiger partial charge in [-0.05, 0) is 12.8 Å². The van der Waals surface area contributed by atoms with E-state index < -0.39 is 5.97 Å². The van der Waals surface area contributed by atoms with Gasteiger partial charge < -0.3 is 10.2 Å². The number of thiophene rings is 1. The van der Waals surface area contributed by atoms with Crippen LogP contribution in [-0.4, -0.2) is 16.2 Å². The van der Waals surface area contributed by atoms with Gasteiger partial charge in [-0.3, -0.25) is 0 Å². The molecular weight excluding hydrogens is 212 g/mol. The highest BCUT2D eigenvalue weighted by Gasteiger charge is 2.36. The summed E-state index contributed by atoms with van der Waals surface area (Å²) in [6.45, 7) is 0. The molecule has 15 heavy (non-hydrogen) atoms. The van der Waals surface area contributed by atoms with Crippen molar-refractivity contribution in [1.29, 1.82) is 0 Å². The van der Waals surface area contributed by atoms with E-state index in [1.807, 2.05) is 0 Å². The van der Waals surface area contributed by atoms with Crippen molar-refractivity contribution >= 4 is 17.3 Å². The average molecular weight is 222 g/mol.